The van der Waals surface area contributed by atoms with Gasteiger partial charge in [0.2, 0.25) is 0 Å². The fourth-order valence-electron chi connectivity index (χ4n) is 1.83. The fraction of sp³-hybridized carbons (Fsp3) is 0.133. The van der Waals surface area contributed by atoms with E-state index in [9.17, 15) is 14.7 Å². The van der Waals surface area contributed by atoms with Crippen LogP contribution in [0.2, 0.25) is 5.02 Å². The summed E-state index contributed by atoms with van der Waals surface area (Å²) < 4.78 is 0. The Morgan fingerprint density at radius 1 is 1.24 bits per heavy atom. The van der Waals surface area contributed by atoms with Crippen molar-refractivity contribution in [2.75, 3.05) is 0 Å². The van der Waals surface area contributed by atoms with Crippen molar-refractivity contribution >= 4 is 23.5 Å². The van der Waals surface area contributed by atoms with Gasteiger partial charge in [0.05, 0.1) is 10.6 Å². The molecule has 0 spiro atoms. The number of halogens is 1. The number of carboxylic acid groups (broad SMARTS) is 1. The van der Waals surface area contributed by atoms with Gasteiger partial charge in [-0.25, -0.2) is 4.79 Å². The fourth-order valence-corrected chi connectivity index (χ4v) is 2.02. The van der Waals surface area contributed by atoms with Crippen LogP contribution in [0.5, 0.6) is 0 Å². The highest BCUT2D eigenvalue weighted by Crippen LogP contribution is 2.13. The number of hydrogen-bond acceptors (Lipinski definition) is 3. The molecule has 2 N–H and O–H groups in total. The first kappa shape index (κ1) is 15.0. The van der Waals surface area contributed by atoms with E-state index >= 15 is 0 Å². The third-order valence-corrected chi connectivity index (χ3v) is 3.23. The summed E-state index contributed by atoms with van der Waals surface area (Å²) in [5, 5.41) is 11.9. The zero-order valence-electron chi connectivity index (χ0n) is 11.0. The SMILES string of the molecule is O=C(NC(Cc1ccccc1)C(=O)O)c1cnccc1Cl. The van der Waals surface area contributed by atoms with Crippen molar-refractivity contribution < 1.29 is 14.7 Å². The minimum absolute atomic E-state index is 0.151. The molecule has 6 heteroatoms. The van der Waals surface area contributed by atoms with Gasteiger partial charge in [0.15, 0.2) is 0 Å². The van der Waals surface area contributed by atoms with Crippen LogP contribution in [-0.2, 0) is 11.2 Å². The number of nitrogens with zero attached hydrogens (tertiary/aromatic N) is 1. The number of nitrogens with one attached hydrogen (secondary N) is 1. The minimum atomic E-state index is -1.10. The first-order valence-corrected chi connectivity index (χ1v) is 6.63. The Morgan fingerprint density at radius 3 is 2.57 bits per heavy atom. The van der Waals surface area contributed by atoms with Gasteiger partial charge < -0.3 is 10.4 Å². The van der Waals surface area contributed by atoms with Gasteiger partial charge in [-0.3, -0.25) is 9.78 Å². The first-order valence-electron chi connectivity index (χ1n) is 6.25. The lowest BCUT2D eigenvalue weighted by molar-refractivity contribution is -0.139. The molecule has 1 heterocycles. The van der Waals surface area contributed by atoms with Crippen LogP contribution in [0.4, 0.5) is 0 Å². The Hall–Kier alpha value is -2.40. The summed E-state index contributed by atoms with van der Waals surface area (Å²) in [4.78, 5) is 27.2. The lowest BCUT2D eigenvalue weighted by Gasteiger charge is -2.15. The molecule has 0 aliphatic heterocycles. The van der Waals surface area contributed by atoms with E-state index < -0.39 is 17.9 Å². The number of carbonyl (C=O) groups is 2. The molecule has 21 heavy (non-hydrogen) atoms. The van der Waals surface area contributed by atoms with Gasteiger partial charge in [0.1, 0.15) is 6.04 Å². The Labute approximate surface area is 126 Å². The van der Waals surface area contributed by atoms with Crippen LogP contribution >= 0.6 is 11.6 Å². The molecule has 108 valence electrons. The normalized spacial score (nSPS) is 11.7. The number of amides is 1. The molecule has 1 atom stereocenters. The van der Waals surface area contributed by atoms with Crippen LogP contribution in [0.15, 0.2) is 48.8 Å². The second kappa shape index (κ2) is 6.85. The van der Waals surface area contributed by atoms with Crippen molar-refractivity contribution in [3.63, 3.8) is 0 Å². The zero-order valence-corrected chi connectivity index (χ0v) is 11.7. The van der Waals surface area contributed by atoms with E-state index in [4.69, 9.17) is 11.6 Å². The summed E-state index contributed by atoms with van der Waals surface area (Å²) in [5.41, 5.74) is 0.973. The second-order valence-corrected chi connectivity index (χ2v) is 4.82. The van der Waals surface area contributed by atoms with Crippen molar-refractivity contribution in [3.05, 3.63) is 64.9 Å². The molecule has 1 unspecified atom stereocenters. The van der Waals surface area contributed by atoms with E-state index in [2.05, 4.69) is 10.3 Å². The van der Waals surface area contributed by atoms with Crippen LogP contribution in [0.1, 0.15) is 15.9 Å². The van der Waals surface area contributed by atoms with E-state index in [1.807, 2.05) is 18.2 Å². The number of carbonyl (C=O) groups excluding carboxylic acids is 1. The number of hydrogen-bond donors (Lipinski definition) is 2. The molecular formula is C15H13ClN2O3. The number of rotatable bonds is 5. The predicted octanol–water partition coefficient (Wildman–Crippen LogP) is 2.16. The number of carboxylic acids is 1. The van der Waals surface area contributed by atoms with Gasteiger partial charge in [-0.1, -0.05) is 41.9 Å². The Bertz CT molecular complexity index is 646. The highest BCUT2D eigenvalue weighted by molar-refractivity contribution is 6.33. The molecule has 0 saturated heterocycles. The molecule has 0 aliphatic carbocycles. The zero-order chi connectivity index (χ0) is 15.2. The van der Waals surface area contributed by atoms with E-state index in [0.29, 0.717) is 0 Å². The molecule has 5 nitrogen and oxygen atoms in total. The smallest absolute Gasteiger partial charge is 0.326 e. The molecule has 0 radical (unpaired) electrons. The average molecular weight is 305 g/mol. The van der Waals surface area contributed by atoms with Gasteiger partial charge in [0.25, 0.3) is 5.91 Å². The minimum Gasteiger partial charge on any atom is -0.480 e. The highest BCUT2D eigenvalue weighted by Gasteiger charge is 2.22. The van der Waals surface area contributed by atoms with Gasteiger partial charge >= 0.3 is 5.97 Å². The molecule has 1 amide bonds. The van der Waals surface area contributed by atoms with Crippen LogP contribution < -0.4 is 5.32 Å². The molecule has 0 aliphatic rings. The maximum Gasteiger partial charge on any atom is 0.326 e. The monoisotopic (exact) mass is 304 g/mol. The summed E-state index contributed by atoms with van der Waals surface area (Å²) in [5.74, 6) is -1.66. The van der Waals surface area contributed by atoms with Crippen LogP contribution in [-0.4, -0.2) is 28.0 Å². The Morgan fingerprint density at radius 2 is 1.95 bits per heavy atom. The van der Waals surface area contributed by atoms with Gasteiger partial charge in [-0.2, -0.15) is 0 Å². The largest absolute Gasteiger partial charge is 0.480 e. The van der Waals surface area contributed by atoms with E-state index in [1.165, 1.54) is 18.5 Å². The molecule has 1 aromatic heterocycles. The highest BCUT2D eigenvalue weighted by atomic mass is 35.5. The standard InChI is InChI=1S/C15H13ClN2O3/c16-12-6-7-17-9-11(12)14(19)18-13(15(20)21)8-10-4-2-1-3-5-10/h1-7,9,13H,8H2,(H,18,19)(H,20,21). The van der Waals surface area contributed by atoms with Crippen molar-refractivity contribution in [1.29, 1.82) is 0 Å². The van der Waals surface area contributed by atoms with E-state index in [-0.39, 0.29) is 17.0 Å². The van der Waals surface area contributed by atoms with E-state index in [0.717, 1.165) is 5.56 Å². The topological polar surface area (TPSA) is 79.3 Å². The van der Waals surface area contributed by atoms with Crippen LogP contribution in [0.3, 0.4) is 0 Å². The maximum absolute atomic E-state index is 12.1. The van der Waals surface area contributed by atoms with Crippen molar-refractivity contribution in [2.45, 2.75) is 12.5 Å². The number of pyridine rings is 1. The second-order valence-electron chi connectivity index (χ2n) is 4.41. The quantitative estimate of drug-likeness (QED) is 0.887. The maximum atomic E-state index is 12.1. The third-order valence-electron chi connectivity index (χ3n) is 2.90. The lowest BCUT2D eigenvalue weighted by Crippen LogP contribution is -2.42. The molecule has 2 aromatic rings. The molecular weight excluding hydrogens is 292 g/mol. The molecule has 0 fully saturated rings. The van der Waals surface area contributed by atoms with Crippen molar-refractivity contribution in [3.8, 4) is 0 Å². The number of aliphatic carboxylic acids is 1. The molecule has 1 aromatic carbocycles. The van der Waals surface area contributed by atoms with Crippen LogP contribution in [0, 0.1) is 0 Å². The lowest BCUT2D eigenvalue weighted by atomic mass is 10.1. The molecule has 0 bridgehead atoms. The summed E-state index contributed by atoms with van der Waals surface area (Å²) >= 11 is 5.89. The van der Waals surface area contributed by atoms with Crippen LogP contribution in [0.25, 0.3) is 0 Å². The predicted molar refractivity (Wildman–Crippen MR) is 78.3 cm³/mol. The average Bonchev–Trinajstić information content (AvgIpc) is 2.48. The summed E-state index contributed by atoms with van der Waals surface area (Å²) in [7, 11) is 0. The Kier molecular flexibility index (Phi) is 4.90. The summed E-state index contributed by atoms with van der Waals surface area (Å²) in [6, 6.07) is 9.52. The number of aromatic nitrogens is 1. The van der Waals surface area contributed by atoms with Gasteiger partial charge in [-0.15, -0.1) is 0 Å². The van der Waals surface area contributed by atoms with Gasteiger partial charge in [-0.05, 0) is 11.6 Å². The molecule has 0 saturated carbocycles. The third kappa shape index (κ3) is 4.03. The Balaban J connectivity index is 2.12. The van der Waals surface area contributed by atoms with Crippen molar-refractivity contribution in [2.24, 2.45) is 0 Å². The summed E-state index contributed by atoms with van der Waals surface area (Å²) in [6.07, 6.45) is 2.96. The summed E-state index contributed by atoms with van der Waals surface area (Å²) in [6.45, 7) is 0. The van der Waals surface area contributed by atoms with E-state index in [1.54, 1.807) is 12.1 Å². The molecule has 2 rings (SSSR count). The van der Waals surface area contributed by atoms with Gasteiger partial charge in [0, 0.05) is 18.8 Å². The number of benzene rings is 1. The first-order chi connectivity index (χ1) is 10.1. The van der Waals surface area contributed by atoms with Crippen molar-refractivity contribution in [1.82, 2.24) is 10.3 Å².